The van der Waals surface area contributed by atoms with Gasteiger partial charge in [0.1, 0.15) is 0 Å². The van der Waals surface area contributed by atoms with Gasteiger partial charge in [-0.3, -0.25) is 0 Å². The lowest BCUT2D eigenvalue weighted by atomic mass is 10.2. The number of sulfonamides is 1. The molecule has 1 aliphatic heterocycles. The molecule has 3 aromatic rings. The number of thiazole rings is 1. The lowest BCUT2D eigenvalue weighted by molar-refractivity contribution is 0.346. The summed E-state index contributed by atoms with van der Waals surface area (Å²) >= 11 is 2.94. The van der Waals surface area contributed by atoms with E-state index in [0.717, 1.165) is 25.0 Å². The molecule has 1 saturated heterocycles. The van der Waals surface area contributed by atoms with E-state index in [2.05, 4.69) is 15.2 Å². The van der Waals surface area contributed by atoms with Crippen molar-refractivity contribution in [1.82, 2.24) is 19.5 Å². The fourth-order valence-electron chi connectivity index (χ4n) is 2.87. The van der Waals surface area contributed by atoms with Gasteiger partial charge in [0.2, 0.25) is 15.9 Å². The van der Waals surface area contributed by atoms with Crippen LogP contribution in [0.15, 0.2) is 49.7 Å². The van der Waals surface area contributed by atoms with Crippen molar-refractivity contribution in [2.75, 3.05) is 13.1 Å². The molecule has 7 nitrogen and oxygen atoms in total. The first kappa shape index (κ1) is 18.6. The van der Waals surface area contributed by atoms with E-state index in [1.807, 2.05) is 5.38 Å². The van der Waals surface area contributed by atoms with Gasteiger partial charge in [0.25, 0.3) is 5.22 Å². The maximum atomic E-state index is 12.9. The summed E-state index contributed by atoms with van der Waals surface area (Å²) in [4.78, 5) is 4.48. The highest BCUT2D eigenvalue weighted by atomic mass is 32.2. The molecule has 27 heavy (non-hydrogen) atoms. The second-order valence-corrected chi connectivity index (χ2v) is 9.72. The summed E-state index contributed by atoms with van der Waals surface area (Å²) < 4.78 is 33.0. The highest BCUT2D eigenvalue weighted by Crippen LogP contribution is 2.28. The molecule has 1 fully saturated rings. The SMILES string of the molecule is O=S(=O)(c1cccc(-c2nnc(SCc3cscn3)o2)c1)N1CCCCC1. The highest BCUT2D eigenvalue weighted by molar-refractivity contribution is 7.98. The molecule has 0 bridgehead atoms. The van der Waals surface area contributed by atoms with Gasteiger partial charge in [-0.25, -0.2) is 13.4 Å². The minimum absolute atomic E-state index is 0.261. The minimum Gasteiger partial charge on any atom is -0.411 e. The second kappa shape index (κ2) is 8.09. The number of aromatic nitrogens is 3. The second-order valence-electron chi connectivity index (χ2n) is 6.13. The van der Waals surface area contributed by atoms with Crippen molar-refractivity contribution in [3.8, 4) is 11.5 Å². The summed E-state index contributed by atoms with van der Waals surface area (Å²) in [5.74, 6) is 0.959. The molecule has 4 rings (SSSR count). The van der Waals surface area contributed by atoms with E-state index in [1.165, 1.54) is 11.8 Å². The summed E-state index contributed by atoms with van der Waals surface area (Å²) in [7, 11) is -3.49. The third kappa shape index (κ3) is 4.23. The van der Waals surface area contributed by atoms with Crippen LogP contribution in [-0.4, -0.2) is 41.0 Å². The molecular formula is C17H18N4O3S3. The van der Waals surface area contributed by atoms with E-state index in [1.54, 1.807) is 45.4 Å². The topological polar surface area (TPSA) is 89.2 Å². The Morgan fingerprint density at radius 2 is 2.04 bits per heavy atom. The zero-order chi connectivity index (χ0) is 18.7. The van der Waals surface area contributed by atoms with Crippen LogP contribution < -0.4 is 0 Å². The van der Waals surface area contributed by atoms with Gasteiger partial charge in [-0.1, -0.05) is 24.2 Å². The summed E-state index contributed by atoms with van der Waals surface area (Å²) in [6, 6.07) is 6.70. The molecule has 1 aromatic carbocycles. The molecule has 1 aliphatic rings. The summed E-state index contributed by atoms with van der Waals surface area (Å²) in [5.41, 5.74) is 3.34. The Balaban J connectivity index is 1.52. The highest BCUT2D eigenvalue weighted by Gasteiger charge is 2.26. The number of piperidine rings is 1. The largest absolute Gasteiger partial charge is 0.411 e. The molecule has 0 atom stereocenters. The predicted octanol–water partition coefficient (Wildman–Crippen LogP) is 3.66. The van der Waals surface area contributed by atoms with Gasteiger partial charge in [-0.05, 0) is 31.0 Å². The fraction of sp³-hybridized carbons (Fsp3) is 0.353. The fourth-order valence-corrected chi connectivity index (χ4v) is 5.77. The van der Waals surface area contributed by atoms with Crippen molar-refractivity contribution in [2.24, 2.45) is 0 Å². The van der Waals surface area contributed by atoms with Gasteiger partial charge >= 0.3 is 0 Å². The van der Waals surface area contributed by atoms with Crippen molar-refractivity contribution in [3.05, 3.63) is 40.8 Å². The molecule has 0 aliphatic carbocycles. The van der Waals surface area contributed by atoms with E-state index in [9.17, 15) is 8.42 Å². The number of hydrogen-bond acceptors (Lipinski definition) is 8. The molecule has 0 radical (unpaired) electrons. The first-order valence-electron chi connectivity index (χ1n) is 8.57. The Morgan fingerprint density at radius 3 is 2.81 bits per heavy atom. The van der Waals surface area contributed by atoms with E-state index >= 15 is 0 Å². The van der Waals surface area contributed by atoms with Crippen LogP contribution in [0.4, 0.5) is 0 Å². The maximum Gasteiger partial charge on any atom is 0.277 e. The lowest BCUT2D eigenvalue weighted by Gasteiger charge is -2.25. The Hall–Kier alpha value is -1.75. The molecule has 0 N–H and O–H groups in total. The van der Waals surface area contributed by atoms with Crippen molar-refractivity contribution >= 4 is 33.1 Å². The molecule has 0 saturated carbocycles. The predicted molar refractivity (Wildman–Crippen MR) is 104 cm³/mol. The number of thioether (sulfide) groups is 1. The standard InChI is InChI=1S/C17H18N4O3S3/c22-27(23,21-7-2-1-3-8-21)15-6-4-5-13(9-15)16-19-20-17(24-16)26-11-14-10-25-12-18-14/h4-6,9-10,12H,1-3,7-8,11H2. The number of rotatable bonds is 6. The zero-order valence-electron chi connectivity index (χ0n) is 14.4. The summed E-state index contributed by atoms with van der Waals surface area (Å²) in [6.07, 6.45) is 2.89. The quantitative estimate of drug-likeness (QED) is 0.560. The number of benzene rings is 1. The van der Waals surface area contributed by atoms with Crippen LogP contribution in [0.5, 0.6) is 0 Å². The van der Waals surface area contributed by atoms with E-state index in [-0.39, 0.29) is 4.90 Å². The van der Waals surface area contributed by atoms with E-state index in [0.29, 0.717) is 35.5 Å². The van der Waals surface area contributed by atoms with Crippen LogP contribution >= 0.6 is 23.1 Å². The van der Waals surface area contributed by atoms with Crippen LogP contribution in [-0.2, 0) is 15.8 Å². The van der Waals surface area contributed by atoms with Gasteiger partial charge < -0.3 is 4.42 Å². The Morgan fingerprint density at radius 1 is 1.19 bits per heavy atom. The lowest BCUT2D eigenvalue weighted by Crippen LogP contribution is -2.35. The van der Waals surface area contributed by atoms with Crippen molar-refractivity contribution in [1.29, 1.82) is 0 Å². The normalized spacial score (nSPS) is 15.9. The van der Waals surface area contributed by atoms with Crippen LogP contribution in [0.2, 0.25) is 0 Å². The Labute approximate surface area is 165 Å². The molecule has 2 aromatic heterocycles. The smallest absolute Gasteiger partial charge is 0.277 e. The molecule has 0 spiro atoms. The van der Waals surface area contributed by atoms with Gasteiger partial charge in [-0.2, -0.15) is 4.31 Å². The Bertz CT molecular complexity index is 996. The van der Waals surface area contributed by atoms with Gasteiger partial charge in [0.15, 0.2) is 0 Å². The van der Waals surface area contributed by atoms with Crippen LogP contribution in [0.3, 0.4) is 0 Å². The first-order valence-corrected chi connectivity index (χ1v) is 11.9. The number of hydrogen-bond donors (Lipinski definition) is 0. The molecular weight excluding hydrogens is 404 g/mol. The van der Waals surface area contributed by atoms with Gasteiger partial charge in [0.05, 0.1) is 16.1 Å². The minimum atomic E-state index is -3.49. The van der Waals surface area contributed by atoms with Gasteiger partial charge in [-0.15, -0.1) is 21.5 Å². The molecule has 0 amide bonds. The molecule has 3 heterocycles. The summed E-state index contributed by atoms with van der Waals surface area (Å²) in [6.45, 7) is 1.15. The van der Waals surface area contributed by atoms with Crippen molar-refractivity contribution in [2.45, 2.75) is 35.1 Å². The summed E-state index contributed by atoms with van der Waals surface area (Å²) in [5, 5.41) is 10.5. The monoisotopic (exact) mass is 422 g/mol. The Kier molecular flexibility index (Phi) is 5.58. The molecule has 10 heteroatoms. The van der Waals surface area contributed by atoms with Gasteiger partial charge in [0, 0.05) is 29.8 Å². The average molecular weight is 423 g/mol. The molecule has 0 unspecified atom stereocenters. The average Bonchev–Trinajstić information content (AvgIpc) is 3.39. The van der Waals surface area contributed by atoms with Crippen molar-refractivity contribution < 1.29 is 12.8 Å². The maximum absolute atomic E-state index is 12.9. The number of nitrogens with zero attached hydrogens (tertiary/aromatic N) is 4. The van der Waals surface area contributed by atoms with E-state index < -0.39 is 10.0 Å². The third-order valence-corrected chi connectivity index (χ3v) is 7.65. The van der Waals surface area contributed by atoms with Crippen LogP contribution in [0, 0.1) is 0 Å². The third-order valence-electron chi connectivity index (χ3n) is 4.27. The molecule has 142 valence electrons. The van der Waals surface area contributed by atoms with Crippen LogP contribution in [0.25, 0.3) is 11.5 Å². The van der Waals surface area contributed by atoms with Crippen molar-refractivity contribution in [3.63, 3.8) is 0 Å². The van der Waals surface area contributed by atoms with E-state index in [4.69, 9.17) is 4.42 Å². The first-order chi connectivity index (χ1) is 13.1. The van der Waals surface area contributed by atoms with Crippen LogP contribution in [0.1, 0.15) is 25.0 Å². The zero-order valence-corrected chi connectivity index (χ0v) is 16.9.